The summed E-state index contributed by atoms with van der Waals surface area (Å²) in [5, 5.41) is 16.3. The van der Waals surface area contributed by atoms with Crippen molar-refractivity contribution in [2.75, 3.05) is 5.32 Å². The van der Waals surface area contributed by atoms with Crippen LogP contribution in [0.4, 0.5) is 5.13 Å². The minimum absolute atomic E-state index is 0.0266. The van der Waals surface area contributed by atoms with Crippen LogP contribution in [0.25, 0.3) is 0 Å². The van der Waals surface area contributed by atoms with Gasteiger partial charge in [-0.05, 0) is 25.2 Å². The molecule has 3 unspecified atom stereocenters. The van der Waals surface area contributed by atoms with Crippen molar-refractivity contribution < 1.29 is 4.79 Å². The van der Waals surface area contributed by atoms with Crippen LogP contribution >= 0.6 is 11.3 Å². The van der Waals surface area contributed by atoms with Crippen LogP contribution in [0.3, 0.4) is 0 Å². The summed E-state index contributed by atoms with van der Waals surface area (Å²) in [6.07, 6.45) is 6.02. The van der Waals surface area contributed by atoms with Crippen molar-refractivity contribution in [2.24, 2.45) is 5.92 Å². The number of nitrogens with zero attached hydrogens (tertiary/aromatic N) is 2. The summed E-state index contributed by atoms with van der Waals surface area (Å²) < 4.78 is 0. The maximum Gasteiger partial charge on any atom is 0.243 e. The molecule has 1 amide bonds. The van der Waals surface area contributed by atoms with Gasteiger partial charge < -0.3 is 5.32 Å². The van der Waals surface area contributed by atoms with E-state index < -0.39 is 0 Å². The monoisotopic (exact) mass is 308 g/mol. The van der Waals surface area contributed by atoms with Gasteiger partial charge in [-0.2, -0.15) is 0 Å². The molecule has 3 rings (SSSR count). The van der Waals surface area contributed by atoms with Gasteiger partial charge in [0, 0.05) is 11.5 Å². The Morgan fingerprint density at radius 2 is 2.05 bits per heavy atom. The highest BCUT2D eigenvalue weighted by Gasteiger charge is 2.38. The summed E-state index contributed by atoms with van der Waals surface area (Å²) in [6, 6.07) is 0.467. The Hall–Kier alpha value is -1.01. The maximum absolute atomic E-state index is 12.4. The first kappa shape index (κ1) is 14.9. The third-order valence-corrected chi connectivity index (χ3v) is 5.74. The van der Waals surface area contributed by atoms with Gasteiger partial charge in [0.15, 0.2) is 0 Å². The Morgan fingerprint density at radius 1 is 1.29 bits per heavy atom. The van der Waals surface area contributed by atoms with Crippen LogP contribution in [0.5, 0.6) is 0 Å². The molecule has 0 spiro atoms. The van der Waals surface area contributed by atoms with Crippen molar-refractivity contribution in [2.45, 2.75) is 70.4 Å². The number of rotatable bonds is 2. The van der Waals surface area contributed by atoms with E-state index in [0.717, 1.165) is 11.4 Å². The predicted octanol–water partition coefficient (Wildman–Crippen LogP) is 2.69. The molecule has 2 N–H and O–H groups in total. The summed E-state index contributed by atoms with van der Waals surface area (Å²) in [7, 11) is 0. The van der Waals surface area contributed by atoms with Crippen LogP contribution in [-0.2, 0) is 10.2 Å². The van der Waals surface area contributed by atoms with Gasteiger partial charge in [-0.3, -0.25) is 10.1 Å². The standard InChI is InChI=1S/C15H24N4OS/c1-15(2,3)13-18-19-14(21-13)17-12(20)11-8-9-6-4-5-7-10(9)16-11/h9-11,16H,4-8H2,1-3H3,(H,17,19,20). The first-order valence-corrected chi connectivity index (χ1v) is 8.66. The zero-order valence-electron chi connectivity index (χ0n) is 13.0. The number of hydrogen-bond acceptors (Lipinski definition) is 5. The minimum Gasteiger partial charge on any atom is -0.303 e. The van der Waals surface area contributed by atoms with Crippen molar-refractivity contribution in [3.05, 3.63) is 5.01 Å². The molecule has 1 aliphatic heterocycles. The molecular formula is C15H24N4OS. The molecule has 1 saturated heterocycles. The Bertz CT molecular complexity index is 508. The van der Waals surface area contributed by atoms with Crippen LogP contribution in [0.2, 0.25) is 0 Å². The highest BCUT2D eigenvalue weighted by molar-refractivity contribution is 7.15. The van der Waals surface area contributed by atoms with E-state index in [1.165, 1.54) is 37.0 Å². The van der Waals surface area contributed by atoms with Gasteiger partial charge in [0.25, 0.3) is 0 Å². The molecule has 6 heteroatoms. The van der Waals surface area contributed by atoms with Crippen LogP contribution in [0, 0.1) is 5.92 Å². The van der Waals surface area contributed by atoms with E-state index in [2.05, 4.69) is 41.6 Å². The number of carbonyl (C=O) groups excluding carboxylic acids is 1. The largest absolute Gasteiger partial charge is 0.303 e. The lowest BCUT2D eigenvalue weighted by atomic mass is 9.85. The summed E-state index contributed by atoms with van der Waals surface area (Å²) in [5.74, 6) is 0.718. The number of anilines is 1. The van der Waals surface area contributed by atoms with E-state index in [-0.39, 0.29) is 17.4 Å². The Kier molecular flexibility index (Phi) is 4.01. The highest BCUT2D eigenvalue weighted by Crippen LogP contribution is 2.34. The second-order valence-electron chi connectivity index (χ2n) is 7.26. The van der Waals surface area contributed by atoms with Gasteiger partial charge in [-0.1, -0.05) is 44.9 Å². The van der Waals surface area contributed by atoms with Crippen LogP contribution in [-0.4, -0.2) is 28.2 Å². The average Bonchev–Trinajstić information content (AvgIpc) is 3.03. The fraction of sp³-hybridized carbons (Fsp3) is 0.800. The Morgan fingerprint density at radius 3 is 2.71 bits per heavy atom. The molecule has 0 aromatic carbocycles. The second-order valence-corrected chi connectivity index (χ2v) is 8.24. The average molecular weight is 308 g/mol. The topological polar surface area (TPSA) is 66.9 Å². The molecule has 1 aliphatic carbocycles. The predicted molar refractivity (Wildman–Crippen MR) is 84.5 cm³/mol. The molecule has 5 nitrogen and oxygen atoms in total. The third kappa shape index (κ3) is 3.26. The second kappa shape index (κ2) is 5.65. The summed E-state index contributed by atoms with van der Waals surface area (Å²) >= 11 is 1.47. The minimum atomic E-state index is -0.0694. The SMILES string of the molecule is CC(C)(C)c1nnc(NC(=O)C2CC3CCCCC3N2)s1. The van der Waals surface area contributed by atoms with Crippen LogP contribution in [0.15, 0.2) is 0 Å². The van der Waals surface area contributed by atoms with E-state index in [0.29, 0.717) is 17.1 Å². The van der Waals surface area contributed by atoms with Crippen molar-refractivity contribution in [1.82, 2.24) is 15.5 Å². The summed E-state index contributed by atoms with van der Waals surface area (Å²) in [5.41, 5.74) is -0.0266. The van der Waals surface area contributed by atoms with Gasteiger partial charge >= 0.3 is 0 Å². The normalized spacial score (nSPS) is 29.2. The van der Waals surface area contributed by atoms with E-state index in [9.17, 15) is 4.79 Å². The van der Waals surface area contributed by atoms with Crippen LogP contribution < -0.4 is 10.6 Å². The zero-order valence-corrected chi connectivity index (χ0v) is 13.8. The number of amides is 1. The fourth-order valence-corrected chi connectivity index (χ4v) is 4.09. The van der Waals surface area contributed by atoms with Gasteiger partial charge in [0.1, 0.15) is 5.01 Å². The molecule has 0 radical (unpaired) electrons. The molecule has 21 heavy (non-hydrogen) atoms. The quantitative estimate of drug-likeness (QED) is 0.881. The van der Waals surface area contributed by atoms with Crippen LogP contribution in [0.1, 0.15) is 57.9 Å². The van der Waals surface area contributed by atoms with E-state index >= 15 is 0 Å². The number of carbonyl (C=O) groups is 1. The number of hydrogen-bond donors (Lipinski definition) is 2. The fourth-order valence-electron chi connectivity index (χ4n) is 3.29. The van der Waals surface area contributed by atoms with Crippen molar-refractivity contribution in [3.8, 4) is 0 Å². The Balaban J connectivity index is 1.60. The Labute approximate surface area is 129 Å². The zero-order chi connectivity index (χ0) is 15.0. The molecule has 0 bridgehead atoms. The number of aromatic nitrogens is 2. The molecular weight excluding hydrogens is 284 g/mol. The van der Waals surface area contributed by atoms with Gasteiger partial charge in [0.05, 0.1) is 6.04 Å². The first-order chi connectivity index (χ1) is 9.93. The molecule has 2 aliphatic rings. The molecule has 3 atom stereocenters. The lowest BCUT2D eigenvalue weighted by molar-refractivity contribution is -0.117. The van der Waals surface area contributed by atoms with Crippen molar-refractivity contribution in [1.29, 1.82) is 0 Å². The first-order valence-electron chi connectivity index (χ1n) is 7.84. The molecule has 1 aromatic heterocycles. The maximum atomic E-state index is 12.4. The molecule has 116 valence electrons. The lowest BCUT2D eigenvalue weighted by Crippen LogP contribution is -2.39. The smallest absolute Gasteiger partial charge is 0.243 e. The highest BCUT2D eigenvalue weighted by atomic mass is 32.1. The van der Waals surface area contributed by atoms with Gasteiger partial charge in [0.2, 0.25) is 11.0 Å². The molecule has 2 heterocycles. The molecule has 1 saturated carbocycles. The van der Waals surface area contributed by atoms with Gasteiger partial charge in [-0.15, -0.1) is 10.2 Å². The summed E-state index contributed by atoms with van der Waals surface area (Å²) in [4.78, 5) is 12.4. The van der Waals surface area contributed by atoms with Crippen molar-refractivity contribution >= 4 is 22.4 Å². The van der Waals surface area contributed by atoms with Crippen molar-refractivity contribution in [3.63, 3.8) is 0 Å². The third-order valence-electron chi connectivity index (χ3n) is 4.48. The van der Waals surface area contributed by atoms with E-state index in [1.54, 1.807) is 0 Å². The van der Waals surface area contributed by atoms with E-state index in [1.807, 2.05) is 0 Å². The van der Waals surface area contributed by atoms with E-state index in [4.69, 9.17) is 0 Å². The summed E-state index contributed by atoms with van der Waals surface area (Å²) in [6.45, 7) is 6.30. The lowest BCUT2D eigenvalue weighted by Gasteiger charge is -2.24. The number of nitrogens with one attached hydrogen (secondary N) is 2. The number of fused-ring (bicyclic) bond motifs is 1. The molecule has 2 fully saturated rings. The molecule has 1 aromatic rings. The van der Waals surface area contributed by atoms with Gasteiger partial charge in [-0.25, -0.2) is 0 Å².